The van der Waals surface area contributed by atoms with Gasteiger partial charge >= 0.3 is 0 Å². The summed E-state index contributed by atoms with van der Waals surface area (Å²) in [5.41, 5.74) is 3.58. The molecule has 138 valence electrons. The predicted molar refractivity (Wildman–Crippen MR) is 98.1 cm³/mol. The van der Waals surface area contributed by atoms with Crippen LogP contribution in [0.3, 0.4) is 0 Å². The first-order valence-corrected chi connectivity index (χ1v) is 8.98. The van der Waals surface area contributed by atoms with Gasteiger partial charge in [0.25, 0.3) is 0 Å². The van der Waals surface area contributed by atoms with Gasteiger partial charge in [-0.1, -0.05) is 6.07 Å². The molecular weight excluding hydrogens is 331 g/mol. The average molecular weight is 356 g/mol. The van der Waals surface area contributed by atoms with Gasteiger partial charge < -0.3 is 5.32 Å². The summed E-state index contributed by atoms with van der Waals surface area (Å²) in [6.45, 7) is 5.16. The maximum absolute atomic E-state index is 13.2. The monoisotopic (exact) mass is 356 g/mol. The Balaban J connectivity index is 1.68. The Morgan fingerprint density at radius 3 is 2.85 bits per heavy atom. The lowest BCUT2D eigenvalue weighted by Crippen LogP contribution is -2.27. The van der Waals surface area contributed by atoms with Gasteiger partial charge in [-0.05, 0) is 63.5 Å². The lowest BCUT2D eigenvalue weighted by Gasteiger charge is -2.21. The standard InChI is InChI=1S/C20H25FN4O/c1-13-9-17(21)7-6-15(13)10-19(26)23-12-16-11-22-14(2)24-20(16)18-5-4-8-25(18)3/h6-7,9,11,18H,4-5,8,10,12H2,1-3H3,(H,23,26)/t18-/m0/s1. The van der Waals surface area contributed by atoms with Gasteiger partial charge in [0.2, 0.25) is 5.91 Å². The SMILES string of the molecule is Cc1ncc(CNC(=O)Cc2ccc(F)cc2C)c([C@@H]2CCCN2C)n1. The number of likely N-dealkylation sites (tertiary alicyclic amines) is 1. The van der Waals surface area contributed by atoms with Crippen molar-refractivity contribution >= 4 is 5.91 Å². The van der Waals surface area contributed by atoms with Crippen LogP contribution in [0.1, 0.15) is 47.1 Å². The van der Waals surface area contributed by atoms with Crippen LogP contribution in [0.25, 0.3) is 0 Å². The van der Waals surface area contributed by atoms with E-state index in [2.05, 4.69) is 27.2 Å². The average Bonchev–Trinajstić information content (AvgIpc) is 3.02. The van der Waals surface area contributed by atoms with Crippen LogP contribution in [-0.2, 0) is 17.8 Å². The number of carbonyl (C=O) groups excluding carboxylic acids is 1. The number of hydrogen-bond donors (Lipinski definition) is 1. The third-order valence-electron chi connectivity index (χ3n) is 4.99. The highest BCUT2D eigenvalue weighted by Gasteiger charge is 2.26. The van der Waals surface area contributed by atoms with Crippen molar-refractivity contribution < 1.29 is 9.18 Å². The van der Waals surface area contributed by atoms with E-state index in [-0.39, 0.29) is 24.2 Å². The Kier molecular flexibility index (Phi) is 5.61. The molecule has 0 unspecified atom stereocenters. The van der Waals surface area contributed by atoms with Gasteiger partial charge in [0, 0.05) is 18.3 Å². The summed E-state index contributed by atoms with van der Waals surface area (Å²) in [6, 6.07) is 4.78. The van der Waals surface area contributed by atoms with Gasteiger partial charge in [0.15, 0.2) is 0 Å². The van der Waals surface area contributed by atoms with Crippen molar-refractivity contribution in [2.45, 2.75) is 45.7 Å². The Hall–Kier alpha value is -2.34. The molecule has 3 rings (SSSR count). The number of aromatic nitrogens is 2. The third kappa shape index (κ3) is 4.25. The molecular formula is C20H25FN4O. The van der Waals surface area contributed by atoms with E-state index < -0.39 is 0 Å². The van der Waals surface area contributed by atoms with E-state index in [1.54, 1.807) is 6.07 Å². The van der Waals surface area contributed by atoms with Crippen LogP contribution in [0.2, 0.25) is 0 Å². The van der Waals surface area contributed by atoms with Crippen LogP contribution in [0.4, 0.5) is 4.39 Å². The molecule has 1 fully saturated rings. The highest BCUT2D eigenvalue weighted by molar-refractivity contribution is 5.78. The number of rotatable bonds is 5. The van der Waals surface area contributed by atoms with Crippen molar-refractivity contribution in [1.29, 1.82) is 0 Å². The van der Waals surface area contributed by atoms with Crippen LogP contribution in [0, 0.1) is 19.7 Å². The molecule has 5 nitrogen and oxygen atoms in total. The molecule has 1 aromatic heterocycles. The predicted octanol–water partition coefficient (Wildman–Crippen LogP) is 2.86. The zero-order valence-corrected chi connectivity index (χ0v) is 15.6. The van der Waals surface area contributed by atoms with Gasteiger partial charge in [-0.25, -0.2) is 14.4 Å². The lowest BCUT2D eigenvalue weighted by molar-refractivity contribution is -0.120. The Bertz CT molecular complexity index is 808. The number of benzene rings is 1. The molecule has 0 bridgehead atoms. The number of aryl methyl sites for hydroxylation is 2. The highest BCUT2D eigenvalue weighted by atomic mass is 19.1. The molecule has 0 radical (unpaired) electrons. The van der Waals surface area contributed by atoms with Crippen molar-refractivity contribution in [3.63, 3.8) is 0 Å². The fourth-order valence-corrected chi connectivity index (χ4v) is 3.48. The van der Waals surface area contributed by atoms with Gasteiger partial charge in [0.05, 0.1) is 18.2 Å². The van der Waals surface area contributed by atoms with Crippen LogP contribution in [0.15, 0.2) is 24.4 Å². The van der Waals surface area contributed by atoms with E-state index in [9.17, 15) is 9.18 Å². The third-order valence-corrected chi connectivity index (χ3v) is 4.99. The lowest BCUT2D eigenvalue weighted by atomic mass is 10.0. The minimum atomic E-state index is -0.284. The summed E-state index contributed by atoms with van der Waals surface area (Å²) in [7, 11) is 2.11. The zero-order valence-electron chi connectivity index (χ0n) is 15.6. The Labute approximate surface area is 153 Å². The van der Waals surface area contributed by atoms with Crippen molar-refractivity contribution in [3.05, 3.63) is 58.4 Å². The van der Waals surface area contributed by atoms with Crippen LogP contribution >= 0.6 is 0 Å². The molecule has 0 spiro atoms. The molecule has 0 aliphatic carbocycles. The maximum atomic E-state index is 13.2. The van der Waals surface area contributed by atoms with Crippen molar-refractivity contribution in [3.8, 4) is 0 Å². The van der Waals surface area contributed by atoms with E-state index >= 15 is 0 Å². The van der Waals surface area contributed by atoms with Crippen LogP contribution in [0.5, 0.6) is 0 Å². The highest BCUT2D eigenvalue weighted by Crippen LogP contribution is 2.31. The molecule has 1 saturated heterocycles. The normalized spacial score (nSPS) is 17.5. The summed E-state index contributed by atoms with van der Waals surface area (Å²) in [5.74, 6) is 0.372. The largest absolute Gasteiger partial charge is 0.352 e. The Morgan fingerprint density at radius 1 is 1.35 bits per heavy atom. The fourth-order valence-electron chi connectivity index (χ4n) is 3.48. The first-order chi connectivity index (χ1) is 12.4. The van der Waals surface area contributed by atoms with Crippen molar-refractivity contribution in [2.24, 2.45) is 0 Å². The molecule has 1 amide bonds. The molecule has 2 aromatic rings. The zero-order chi connectivity index (χ0) is 18.7. The minimum absolute atomic E-state index is 0.0917. The number of nitrogens with one attached hydrogen (secondary N) is 1. The molecule has 26 heavy (non-hydrogen) atoms. The first-order valence-electron chi connectivity index (χ1n) is 8.98. The second kappa shape index (κ2) is 7.91. The smallest absolute Gasteiger partial charge is 0.224 e. The van der Waals surface area contributed by atoms with E-state index in [0.717, 1.165) is 47.6 Å². The topological polar surface area (TPSA) is 58.1 Å². The van der Waals surface area contributed by atoms with E-state index in [1.165, 1.54) is 12.1 Å². The van der Waals surface area contributed by atoms with Gasteiger partial charge in [-0.2, -0.15) is 0 Å². The second-order valence-electron chi connectivity index (χ2n) is 6.99. The molecule has 2 heterocycles. The molecule has 0 saturated carbocycles. The second-order valence-corrected chi connectivity index (χ2v) is 6.99. The number of hydrogen-bond acceptors (Lipinski definition) is 4. The number of halogens is 1. The van der Waals surface area contributed by atoms with E-state index in [4.69, 9.17) is 0 Å². The van der Waals surface area contributed by atoms with Crippen molar-refractivity contribution in [1.82, 2.24) is 20.2 Å². The summed E-state index contributed by atoms with van der Waals surface area (Å²) < 4.78 is 13.2. The minimum Gasteiger partial charge on any atom is -0.352 e. The van der Waals surface area contributed by atoms with Gasteiger partial charge in [-0.3, -0.25) is 9.69 Å². The summed E-state index contributed by atoms with van der Waals surface area (Å²) in [5, 5.41) is 2.96. The van der Waals surface area contributed by atoms with Gasteiger partial charge in [-0.15, -0.1) is 0 Å². The summed E-state index contributed by atoms with van der Waals surface area (Å²) in [4.78, 5) is 23.6. The van der Waals surface area contributed by atoms with Gasteiger partial charge in [0.1, 0.15) is 11.6 Å². The molecule has 6 heteroatoms. The number of nitrogens with zero attached hydrogens (tertiary/aromatic N) is 3. The van der Waals surface area contributed by atoms with E-state index in [1.807, 2.05) is 20.0 Å². The quantitative estimate of drug-likeness (QED) is 0.895. The number of carbonyl (C=O) groups is 1. The molecule has 1 atom stereocenters. The molecule has 1 aliphatic heterocycles. The fraction of sp³-hybridized carbons (Fsp3) is 0.450. The Morgan fingerprint density at radius 2 is 2.15 bits per heavy atom. The summed E-state index contributed by atoms with van der Waals surface area (Å²) >= 11 is 0. The summed E-state index contributed by atoms with van der Waals surface area (Å²) in [6.07, 6.45) is 4.27. The van der Waals surface area contributed by atoms with Crippen LogP contribution < -0.4 is 5.32 Å². The maximum Gasteiger partial charge on any atom is 0.224 e. The molecule has 1 aliphatic rings. The molecule has 1 N–H and O–H groups in total. The molecule has 1 aromatic carbocycles. The van der Waals surface area contributed by atoms with E-state index in [0.29, 0.717) is 6.54 Å². The van der Waals surface area contributed by atoms with Crippen LogP contribution in [-0.4, -0.2) is 34.4 Å². The number of amides is 1. The van der Waals surface area contributed by atoms with Crippen molar-refractivity contribution in [2.75, 3.05) is 13.6 Å². The first kappa shape index (κ1) is 18.5.